The zero-order valence-electron chi connectivity index (χ0n) is 17.5. The molecule has 1 saturated carbocycles. The predicted molar refractivity (Wildman–Crippen MR) is 113 cm³/mol. The molecule has 7 nitrogen and oxygen atoms in total. The summed E-state index contributed by atoms with van der Waals surface area (Å²) in [5.41, 5.74) is 1.83. The van der Waals surface area contributed by atoms with Crippen molar-refractivity contribution in [1.29, 1.82) is 0 Å². The first-order valence-electron chi connectivity index (χ1n) is 11.0. The lowest BCUT2D eigenvalue weighted by Gasteiger charge is -2.43. The highest BCUT2D eigenvalue weighted by Crippen LogP contribution is 2.44. The number of para-hydroxylation sites is 2. The first-order valence-corrected chi connectivity index (χ1v) is 11.0. The highest BCUT2D eigenvalue weighted by Gasteiger charge is 2.42. The first-order chi connectivity index (χ1) is 14.7. The van der Waals surface area contributed by atoms with E-state index in [1.165, 1.54) is 19.3 Å². The summed E-state index contributed by atoms with van der Waals surface area (Å²) in [4.78, 5) is 20.6. The topological polar surface area (TPSA) is 96.5 Å². The van der Waals surface area contributed by atoms with Gasteiger partial charge >= 0.3 is 0 Å². The van der Waals surface area contributed by atoms with Gasteiger partial charge in [-0.05, 0) is 62.7 Å². The van der Waals surface area contributed by atoms with E-state index in [1.54, 1.807) is 0 Å². The fourth-order valence-corrected chi connectivity index (χ4v) is 4.49. The third-order valence-electron chi connectivity index (χ3n) is 6.23. The van der Waals surface area contributed by atoms with Crippen molar-refractivity contribution < 1.29 is 19.4 Å². The minimum absolute atomic E-state index is 0.154. The number of carbonyl (C=O) groups is 1. The summed E-state index contributed by atoms with van der Waals surface area (Å²) in [5, 5.41) is 12.2. The Balaban J connectivity index is 1.47. The molecular formula is C23H31N3O4. The van der Waals surface area contributed by atoms with Crippen molar-refractivity contribution in [3.8, 4) is 0 Å². The Kier molecular flexibility index (Phi) is 6.69. The third kappa shape index (κ3) is 4.52. The lowest BCUT2D eigenvalue weighted by Crippen LogP contribution is -2.43. The zero-order chi connectivity index (χ0) is 20.9. The number of hydrogen-bond acceptors (Lipinski definition) is 5. The summed E-state index contributed by atoms with van der Waals surface area (Å²) in [5.74, 6) is 1.75. The van der Waals surface area contributed by atoms with E-state index in [-0.39, 0.29) is 24.3 Å². The maximum Gasteiger partial charge on any atom is 0.286 e. The SMILES string of the molecule is CCO[C@@H]1OC(C(=O)NCc2nc3ccccc3[nH]2)=C[C@H](C2CCC2)[C@H]1CCCO. The second-order valence-corrected chi connectivity index (χ2v) is 8.15. The number of nitrogens with one attached hydrogen (secondary N) is 2. The molecule has 1 amide bonds. The van der Waals surface area contributed by atoms with Gasteiger partial charge in [0.15, 0.2) is 5.76 Å². The summed E-state index contributed by atoms with van der Waals surface area (Å²) < 4.78 is 11.9. The number of fused-ring (bicyclic) bond motifs is 1. The standard InChI is InChI=1S/C23H31N3O4/c1-2-29-23-16(9-6-12-27)17(15-7-5-8-15)13-20(30-23)22(28)24-14-21-25-18-10-3-4-11-19(18)26-21/h3-4,10-11,13,15-17,23,27H,2,5-9,12,14H2,1H3,(H,24,28)(H,25,26)/t16-,17-,23-/m1/s1. The number of imidazole rings is 1. The molecule has 2 aliphatic rings. The normalized spacial score (nSPS) is 24.2. The predicted octanol–water partition coefficient (Wildman–Crippen LogP) is 3.26. The molecule has 30 heavy (non-hydrogen) atoms. The van der Waals surface area contributed by atoms with Gasteiger partial charge < -0.3 is 24.9 Å². The maximum atomic E-state index is 12.9. The van der Waals surface area contributed by atoms with Crippen molar-refractivity contribution >= 4 is 16.9 Å². The van der Waals surface area contributed by atoms with Crippen LogP contribution in [0.2, 0.25) is 0 Å². The molecule has 0 radical (unpaired) electrons. The van der Waals surface area contributed by atoms with Gasteiger partial charge in [-0.25, -0.2) is 4.98 Å². The number of aromatic amines is 1. The van der Waals surface area contributed by atoms with Crippen LogP contribution in [0.3, 0.4) is 0 Å². The number of ether oxygens (including phenoxy) is 2. The molecule has 0 bridgehead atoms. The van der Waals surface area contributed by atoms with Gasteiger partial charge in [0.25, 0.3) is 5.91 Å². The molecule has 3 atom stereocenters. The van der Waals surface area contributed by atoms with Crippen LogP contribution in [-0.4, -0.2) is 40.5 Å². The van der Waals surface area contributed by atoms with Crippen molar-refractivity contribution in [3.63, 3.8) is 0 Å². The second-order valence-electron chi connectivity index (χ2n) is 8.15. The lowest BCUT2D eigenvalue weighted by atomic mass is 9.68. The van der Waals surface area contributed by atoms with Gasteiger partial charge in [0.2, 0.25) is 6.29 Å². The number of H-pyrrole nitrogens is 1. The average Bonchev–Trinajstić information content (AvgIpc) is 3.13. The van der Waals surface area contributed by atoms with Crippen LogP contribution in [0.25, 0.3) is 11.0 Å². The molecule has 2 heterocycles. The Hall–Kier alpha value is -2.38. The highest BCUT2D eigenvalue weighted by molar-refractivity contribution is 5.91. The van der Waals surface area contributed by atoms with Gasteiger partial charge in [-0.15, -0.1) is 0 Å². The summed E-state index contributed by atoms with van der Waals surface area (Å²) in [6.45, 7) is 2.91. The van der Waals surface area contributed by atoms with Gasteiger partial charge in [0, 0.05) is 19.1 Å². The monoisotopic (exact) mass is 413 g/mol. The number of carbonyl (C=O) groups excluding carboxylic acids is 1. The molecule has 1 fully saturated rings. The molecule has 0 unspecified atom stereocenters. The Morgan fingerprint density at radius 1 is 1.37 bits per heavy atom. The van der Waals surface area contributed by atoms with Crippen LogP contribution in [-0.2, 0) is 20.8 Å². The van der Waals surface area contributed by atoms with Crippen LogP contribution in [0.15, 0.2) is 36.1 Å². The van der Waals surface area contributed by atoms with E-state index in [0.717, 1.165) is 17.5 Å². The molecule has 0 spiro atoms. The van der Waals surface area contributed by atoms with E-state index in [2.05, 4.69) is 15.3 Å². The number of allylic oxidation sites excluding steroid dienone is 1. The van der Waals surface area contributed by atoms with Crippen LogP contribution in [0.1, 0.15) is 44.9 Å². The molecule has 1 aromatic carbocycles. The first kappa shape index (κ1) is 20.9. The van der Waals surface area contributed by atoms with E-state index in [4.69, 9.17) is 9.47 Å². The number of aromatic nitrogens is 2. The summed E-state index contributed by atoms with van der Waals surface area (Å²) in [7, 11) is 0. The molecule has 2 aromatic rings. The highest BCUT2D eigenvalue weighted by atomic mass is 16.7. The zero-order valence-corrected chi connectivity index (χ0v) is 17.5. The molecule has 3 N–H and O–H groups in total. The van der Waals surface area contributed by atoms with Gasteiger partial charge in [0.1, 0.15) is 5.82 Å². The quantitative estimate of drug-likeness (QED) is 0.586. The molecule has 4 rings (SSSR count). The number of rotatable bonds is 9. The number of hydrogen-bond donors (Lipinski definition) is 3. The van der Waals surface area contributed by atoms with Crippen LogP contribution in [0.4, 0.5) is 0 Å². The minimum Gasteiger partial charge on any atom is -0.459 e. The number of aliphatic hydroxyl groups excluding tert-OH is 1. The van der Waals surface area contributed by atoms with Crippen molar-refractivity contribution in [2.45, 2.75) is 51.9 Å². The molecule has 1 aliphatic heterocycles. The van der Waals surface area contributed by atoms with Crippen molar-refractivity contribution in [2.75, 3.05) is 13.2 Å². The second kappa shape index (κ2) is 9.62. The number of aliphatic hydroxyl groups is 1. The number of amides is 1. The molecule has 162 valence electrons. The number of benzene rings is 1. The van der Waals surface area contributed by atoms with E-state index < -0.39 is 6.29 Å². The maximum absolute atomic E-state index is 12.9. The Morgan fingerprint density at radius 2 is 2.20 bits per heavy atom. The fraction of sp³-hybridized carbons (Fsp3) is 0.565. The smallest absolute Gasteiger partial charge is 0.286 e. The largest absolute Gasteiger partial charge is 0.459 e. The lowest BCUT2D eigenvalue weighted by molar-refractivity contribution is -0.178. The third-order valence-corrected chi connectivity index (χ3v) is 6.23. The van der Waals surface area contributed by atoms with E-state index in [1.807, 2.05) is 37.3 Å². The van der Waals surface area contributed by atoms with Crippen LogP contribution in [0.5, 0.6) is 0 Å². The Bertz CT molecular complexity index is 856. The molecular weight excluding hydrogens is 382 g/mol. The fourth-order valence-electron chi connectivity index (χ4n) is 4.49. The average molecular weight is 414 g/mol. The van der Waals surface area contributed by atoms with E-state index >= 15 is 0 Å². The van der Waals surface area contributed by atoms with Crippen LogP contribution < -0.4 is 5.32 Å². The van der Waals surface area contributed by atoms with Crippen molar-refractivity contribution in [3.05, 3.63) is 41.9 Å². The van der Waals surface area contributed by atoms with Crippen LogP contribution >= 0.6 is 0 Å². The van der Waals surface area contributed by atoms with Gasteiger partial charge in [0.05, 0.1) is 17.6 Å². The van der Waals surface area contributed by atoms with Crippen LogP contribution in [0, 0.1) is 17.8 Å². The number of nitrogens with zero attached hydrogens (tertiary/aromatic N) is 1. The van der Waals surface area contributed by atoms with Gasteiger partial charge in [-0.3, -0.25) is 4.79 Å². The minimum atomic E-state index is -0.455. The Morgan fingerprint density at radius 3 is 2.90 bits per heavy atom. The molecule has 1 aromatic heterocycles. The summed E-state index contributed by atoms with van der Waals surface area (Å²) >= 11 is 0. The van der Waals surface area contributed by atoms with Crippen molar-refractivity contribution in [1.82, 2.24) is 15.3 Å². The summed E-state index contributed by atoms with van der Waals surface area (Å²) in [6.07, 6.45) is 6.65. The van der Waals surface area contributed by atoms with Gasteiger partial charge in [-0.1, -0.05) is 18.6 Å². The van der Waals surface area contributed by atoms with E-state index in [0.29, 0.717) is 37.1 Å². The Labute approximate surface area is 176 Å². The molecule has 1 aliphatic carbocycles. The summed E-state index contributed by atoms with van der Waals surface area (Å²) in [6, 6.07) is 7.79. The van der Waals surface area contributed by atoms with Crippen molar-refractivity contribution in [2.24, 2.45) is 17.8 Å². The molecule has 7 heteroatoms. The van der Waals surface area contributed by atoms with Gasteiger partial charge in [-0.2, -0.15) is 0 Å². The molecule has 0 saturated heterocycles. The van der Waals surface area contributed by atoms with E-state index in [9.17, 15) is 9.90 Å².